The highest BCUT2D eigenvalue weighted by Gasteiger charge is 2.11. The Morgan fingerprint density at radius 3 is 2.50 bits per heavy atom. The molecule has 1 heterocycles. The lowest BCUT2D eigenvalue weighted by Gasteiger charge is -1.99. The third-order valence-corrected chi connectivity index (χ3v) is 2.73. The number of rotatable bonds is 3. The minimum absolute atomic E-state index is 0.0328. The topological polar surface area (TPSA) is 43.8 Å². The summed E-state index contributed by atoms with van der Waals surface area (Å²) < 4.78 is 1.93. The lowest BCUT2D eigenvalue weighted by atomic mass is 10.1. The molecule has 0 radical (unpaired) electrons. The molecule has 0 aliphatic rings. The Kier molecular flexibility index (Phi) is 4.57. The first-order valence-electron chi connectivity index (χ1n) is 5.95. The molecule has 0 amide bonds. The SMILES string of the molecule is CCc1nn(C)c(CC)c1C#CC(N)CC. The van der Waals surface area contributed by atoms with Gasteiger partial charge in [-0.2, -0.15) is 5.10 Å². The van der Waals surface area contributed by atoms with Crippen molar-refractivity contribution >= 4 is 0 Å². The summed E-state index contributed by atoms with van der Waals surface area (Å²) in [6, 6.07) is -0.0328. The quantitative estimate of drug-likeness (QED) is 0.785. The van der Waals surface area contributed by atoms with E-state index in [2.05, 4.69) is 30.8 Å². The molecule has 0 fully saturated rings. The molecule has 1 aromatic heterocycles. The largest absolute Gasteiger partial charge is 0.318 e. The summed E-state index contributed by atoms with van der Waals surface area (Å²) in [6.45, 7) is 6.28. The lowest BCUT2D eigenvalue weighted by molar-refractivity contribution is 0.704. The van der Waals surface area contributed by atoms with Crippen molar-refractivity contribution in [2.75, 3.05) is 0 Å². The Balaban J connectivity index is 3.13. The van der Waals surface area contributed by atoms with Crippen LogP contribution in [-0.4, -0.2) is 15.8 Å². The first kappa shape index (κ1) is 12.8. The van der Waals surface area contributed by atoms with Gasteiger partial charge in [0.15, 0.2) is 0 Å². The molecule has 3 nitrogen and oxygen atoms in total. The van der Waals surface area contributed by atoms with E-state index >= 15 is 0 Å². The summed E-state index contributed by atoms with van der Waals surface area (Å²) in [6.07, 6.45) is 2.75. The predicted octanol–water partition coefficient (Wildman–Crippen LogP) is 1.63. The molecule has 1 atom stereocenters. The molecule has 0 spiro atoms. The Morgan fingerprint density at radius 1 is 1.31 bits per heavy atom. The molecule has 0 saturated heterocycles. The molecule has 0 aliphatic carbocycles. The summed E-state index contributed by atoms with van der Waals surface area (Å²) in [7, 11) is 1.98. The van der Waals surface area contributed by atoms with Crippen LogP contribution >= 0.6 is 0 Å². The first-order chi connectivity index (χ1) is 7.63. The van der Waals surface area contributed by atoms with E-state index in [4.69, 9.17) is 5.73 Å². The third-order valence-electron chi connectivity index (χ3n) is 2.73. The highest BCUT2D eigenvalue weighted by atomic mass is 15.3. The van der Waals surface area contributed by atoms with E-state index in [0.717, 1.165) is 30.5 Å². The van der Waals surface area contributed by atoms with E-state index in [1.54, 1.807) is 0 Å². The molecule has 3 heteroatoms. The van der Waals surface area contributed by atoms with Gasteiger partial charge >= 0.3 is 0 Å². The van der Waals surface area contributed by atoms with Crippen LogP contribution in [-0.2, 0) is 19.9 Å². The zero-order chi connectivity index (χ0) is 12.1. The third kappa shape index (κ3) is 2.65. The molecule has 1 unspecified atom stereocenters. The average molecular weight is 219 g/mol. The van der Waals surface area contributed by atoms with Crippen LogP contribution in [0, 0.1) is 11.8 Å². The van der Waals surface area contributed by atoms with E-state index in [0.29, 0.717) is 0 Å². The van der Waals surface area contributed by atoms with Crippen molar-refractivity contribution in [3.05, 3.63) is 17.0 Å². The Bertz CT molecular complexity index is 407. The highest BCUT2D eigenvalue weighted by Crippen LogP contribution is 2.13. The number of aromatic nitrogens is 2. The number of aryl methyl sites for hydroxylation is 2. The molecule has 88 valence electrons. The van der Waals surface area contributed by atoms with Crippen LogP contribution in [0.4, 0.5) is 0 Å². The van der Waals surface area contributed by atoms with Crippen LogP contribution in [0.15, 0.2) is 0 Å². The second-order valence-electron chi connectivity index (χ2n) is 3.88. The summed E-state index contributed by atoms with van der Waals surface area (Å²) in [4.78, 5) is 0. The fourth-order valence-electron chi connectivity index (χ4n) is 1.68. The van der Waals surface area contributed by atoms with E-state index < -0.39 is 0 Å². The average Bonchev–Trinajstić information content (AvgIpc) is 2.61. The lowest BCUT2D eigenvalue weighted by Crippen LogP contribution is -2.15. The van der Waals surface area contributed by atoms with Crippen molar-refractivity contribution in [3.63, 3.8) is 0 Å². The van der Waals surface area contributed by atoms with Gasteiger partial charge in [-0.25, -0.2) is 0 Å². The van der Waals surface area contributed by atoms with E-state index in [1.807, 2.05) is 18.7 Å². The second kappa shape index (κ2) is 5.72. The normalized spacial score (nSPS) is 12.1. The fraction of sp³-hybridized carbons (Fsp3) is 0.615. The summed E-state index contributed by atoms with van der Waals surface area (Å²) in [5.74, 6) is 6.28. The second-order valence-corrected chi connectivity index (χ2v) is 3.88. The molecule has 16 heavy (non-hydrogen) atoms. The summed E-state index contributed by atoms with van der Waals surface area (Å²) in [5, 5.41) is 4.48. The molecule has 1 aromatic rings. The molecular weight excluding hydrogens is 198 g/mol. The van der Waals surface area contributed by atoms with Crippen molar-refractivity contribution in [2.24, 2.45) is 12.8 Å². The van der Waals surface area contributed by atoms with Crippen molar-refractivity contribution in [3.8, 4) is 11.8 Å². The van der Waals surface area contributed by atoms with Crippen molar-refractivity contribution in [2.45, 2.75) is 46.1 Å². The van der Waals surface area contributed by atoms with Crippen LogP contribution in [0.5, 0.6) is 0 Å². The zero-order valence-electron chi connectivity index (χ0n) is 10.7. The minimum atomic E-state index is -0.0328. The molecular formula is C13H21N3. The summed E-state index contributed by atoms with van der Waals surface area (Å²) in [5.41, 5.74) is 9.17. The molecule has 0 aliphatic heterocycles. The maximum Gasteiger partial charge on any atom is 0.0781 e. The van der Waals surface area contributed by atoms with Gasteiger partial charge in [0.1, 0.15) is 0 Å². The Morgan fingerprint density at radius 2 is 2.00 bits per heavy atom. The number of hydrogen-bond donors (Lipinski definition) is 1. The van der Waals surface area contributed by atoms with Gasteiger partial charge in [0.25, 0.3) is 0 Å². The number of hydrogen-bond acceptors (Lipinski definition) is 2. The van der Waals surface area contributed by atoms with Crippen molar-refractivity contribution < 1.29 is 0 Å². The van der Waals surface area contributed by atoms with Gasteiger partial charge < -0.3 is 5.73 Å². The molecule has 0 aromatic carbocycles. The fourth-order valence-corrected chi connectivity index (χ4v) is 1.68. The van der Waals surface area contributed by atoms with Gasteiger partial charge in [-0.3, -0.25) is 4.68 Å². The molecule has 2 N–H and O–H groups in total. The zero-order valence-corrected chi connectivity index (χ0v) is 10.7. The number of nitrogens with zero attached hydrogens (tertiary/aromatic N) is 2. The van der Waals surface area contributed by atoms with Crippen LogP contribution in [0.3, 0.4) is 0 Å². The monoisotopic (exact) mass is 219 g/mol. The number of nitrogens with two attached hydrogens (primary N) is 1. The van der Waals surface area contributed by atoms with Gasteiger partial charge in [-0.1, -0.05) is 32.6 Å². The molecule has 0 saturated carbocycles. The van der Waals surface area contributed by atoms with Crippen LogP contribution in [0.2, 0.25) is 0 Å². The Hall–Kier alpha value is -1.27. The van der Waals surface area contributed by atoms with E-state index in [-0.39, 0.29) is 6.04 Å². The van der Waals surface area contributed by atoms with E-state index in [9.17, 15) is 0 Å². The minimum Gasteiger partial charge on any atom is -0.318 e. The maximum absolute atomic E-state index is 5.81. The van der Waals surface area contributed by atoms with Crippen molar-refractivity contribution in [1.82, 2.24) is 9.78 Å². The highest BCUT2D eigenvalue weighted by molar-refractivity contribution is 5.43. The van der Waals surface area contributed by atoms with Crippen LogP contribution in [0.25, 0.3) is 0 Å². The summed E-state index contributed by atoms with van der Waals surface area (Å²) >= 11 is 0. The molecule has 1 rings (SSSR count). The van der Waals surface area contributed by atoms with Gasteiger partial charge in [0.05, 0.1) is 23.0 Å². The Labute approximate surface area is 98.0 Å². The molecule has 0 bridgehead atoms. The van der Waals surface area contributed by atoms with Gasteiger partial charge in [-0.05, 0) is 19.3 Å². The first-order valence-corrected chi connectivity index (χ1v) is 5.95. The predicted molar refractivity (Wildman–Crippen MR) is 67.1 cm³/mol. The van der Waals surface area contributed by atoms with Crippen LogP contribution in [0.1, 0.15) is 44.1 Å². The van der Waals surface area contributed by atoms with Crippen molar-refractivity contribution in [1.29, 1.82) is 0 Å². The smallest absolute Gasteiger partial charge is 0.0781 e. The van der Waals surface area contributed by atoms with Gasteiger partial charge in [0.2, 0.25) is 0 Å². The maximum atomic E-state index is 5.81. The van der Waals surface area contributed by atoms with Crippen LogP contribution < -0.4 is 5.73 Å². The van der Waals surface area contributed by atoms with Gasteiger partial charge in [0, 0.05) is 7.05 Å². The van der Waals surface area contributed by atoms with E-state index in [1.165, 1.54) is 5.69 Å². The standard InChI is InChI=1S/C13H21N3/c1-5-10(14)8-9-11-12(6-2)15-16(4)13(11)7-3/h10H,5-7,14H2,1-4H3. The van der Waals surface area contributed by atoms with Gasteiger partial charge in [-0.15, -0.1) is 0 Å².